The number of rotatable bonds is 5. The van der Waals surface area contributed by atoms with Gasteiger partial charge in [-0.1, -0.05) is 50.3 Å². The van der Waals surface area contributed by atoms with Crippen molar-refractivity contribution < 1.29 is 9.90 Å². The Balaban J connectivity index is 0.00000242. The summed E-state index contributed by atoms with van der Waals surface area (Å²) >= 11 is 0. The van der Waals surface area contributed by atoms with Gasteiger partial charge in [0, 0.05) is 11.7 Å². The SMILES string of the molecule is Cc1ccccc1NC(=O)C(O)[C@H](N)CC1CCCCC1.Cl. The molecule has 1 saturated carbocycles. The van der Waals surface area contributed by atoms with Gasteiger partial charge in [-0.3, -0.25) is 4.79 Å². The lowest BCUT2D eigenvalue weighted by molar-refractivity contribution is -0.125. The van der Waals surface area contributed by atoms with Crippen molar-refractivity contribution in [2.75, 3.05) is 5.32 Å². The molecular weight excluding hydrogens is 300 g/mol. The summed E-state index contributed by atoms with van der Waals surface area (Å²) in [6, 6.07) is 7.03. The predicted molar refractivity (Wildman–Crippen MR) is 92.2 cm³/mol. The Morgan fingerprint density at radius 2 is 1.95 bits per heavy atom. The van der Waals surface area contributed by atoms with Gasteiger partial charge in [-0.25, -0.2) is 0 Å². The molecule has 0 radical (unpaired) electrons. The summed E-state index contributed by atoms with van der Waals surface area (Å²) in [5, 5.41) is 12.9. The topological polar surface area (TPSA) is 75.3 Å². The van der Waals surface area contributed by atoms with E-state index in [-0.39, 0.29) is 12.4 Å². The lowest BCUT2D eigenvalue weighted by Gasteiger charge is -2.26. The summed E-state index contributed by atoms with van der Waals surface area (Å²) in [5.41, 5.74) is 7.73. The Bertz CT molecular complexity index is 475. The number of anilines is 1. The van der Waals surface area contributed by atoms with E-state index in [1.54, 1.807) is 0 Å². The number of aliphatic hydroxyl groups is 1. The van der Waals surface area contributed by atoms with Crippen LogP contribution in [0.4, 0.5) is 5.69 Å². The van der Waals surface area contributed by atoms with E-state index < -0.39 is 18.1 Å². The predicted octanol–water partition coefficient (Wildman–Crippen LogP) is 3.01. The lowest BCUT2D eigenvalue weighted by Crippen LogP contribution is -2.44. The molecule has 1 unspecified atom stereocenters. The zero-order chi connectivity index (χ0) is 15.2. The van der Waals surface area contributed by atoms with Crippen LogP contribution in [-0.4, -0.2) is 23.2 Å². The van der Waals surface area contributed by atoms with Crippen LogP contribution in [0, 0.1) is 12.8 Å². The first-order valence-electron chi connectivity index (χ1n) is 7.88. The molecule has 0 heterocycles. The summed E-state index contributed by atoms with van der Waals surface area (Å²) < 4.78 is 0. The van der Waals surface area contributed by atoms with Gasteiger partial charge < -0.3 is 16.2 Å². The highest BCUT2D eigenvalue weighted by molar-refractivity contribution is 5.95. The van der Waals surface area contributed by atoms with Gasteiger partial charge in [0.05, 0.1) is 0 Å². The zero-order valence-corrected chi connectivity index (χ0v) is 13.9. The Labute approximate surface area is 138 Å². The number of benzene rings is 1. The van der Waals surface area contributed by atoms with Crippen molar-refractivity contribution >= 4 is 24.0 Å². The van der Waals surface area contributed by atoms with Gasteiger partial charge in [0.1, 0.15) is 6.10 Å². The number of hydrogen-bond acceptors (Lipinski definition) is 3. The first-order valence-corrected chi connectivity index (χ1v) is 7.88. The third kappa shape index (κ3) is 5.27. The van der Waals surface area contributed by atoms with Crippen LogP contribution in [0.15, 0.2) is 24.3 Å². The molecule has 0 bridgehead atoms. The minimum atomic E-state index is -1.15. The third-order valence-corrected chi connectivity index (χ3v) is 4.41. The standard InChI is InChI=1S/C17H26N2O2.ClH/c1-12-7-5-6-10-15(12)19-17(21)16(20)14(18)11-13-8-3-2-4-9-13;/h5-7,10,13-14,16,20H,2-4,8-9,11,18H2,1H3,(H,19,21);1H/t14-,16?;/m1./s1. The summed E-state index contributed by atoms with van der Waals surface area (Å²) in [7, 11) is 0. The first-order chi connectivity index (χ1) is 10.1. The molecule has 1 fully saturated rings. The molecular formula is C17H27ClN2O2. The second-order valence-corrected chi connectivity index (χ2v) is 6.15. The fraction of sp³-hybridized carbons (Fsp3) is 0.588. The van der Waals surface area contributed by atoms with E-state index in [4.69, 9.17) is 5.73 Å². The molecule has 0 spiro atoms. The van der Waals surface area contributed by atoms with Crippen molar-refractivity contribution in [2.24, 2.45) is 11.7 Å². The van der Waals surface area contributed by atoms with Gasteiger partial charge in [-0.2, -0.15) is 0 Å². The van der Waals surface area contributed by atoms with Crippen LogP contribution in [-0.2, 0) is 4.79 Å². The molecule has 1 amide bonds. The van der Waals surface area contributed by atoms with Crippen LogP contribution in [0.25, 0.3) is 0 Å². The number of halogens is 1. The smallest absolute Gasteiger partial charge is 0.254 e. The summed E-state index contributed by atoms with van der Waals surface area (Å²) in [6.07, 6.45) is 5.68. The number of hydrogen-bond donors (Lipinski definition) is 3. The van der Waals surface area contributed by atoms with Crippen molar-refractivity contribution in [3.8, 4) is 0 Å². The van der Waals surface area contributed by atoms with Crippen LogP contribution >= 0.6 is 12.4 Å². The van der Waals surface area contributed by atoms with Crippen LogP contribution in [0.3, 0.4) is 0 Å². The minimum absolute atomic E-state index is 0. The number of aryl methyl sites for hydroxylation is 1. The van der Waals surface area contributed by atoms with Crippen molar-refractivity contribution in [3.05, 3.63) is 29.8 Å². The van der Waals surface area contributed by atoms with Gasteiger partial charge in [-0.15, -0.1) is 12.4 Å². The number of aliphatic hydroxyl groups excluding tert-OH is 1. The summed E-state index contributed by atoms with van der Waals surface area (Å²) in [4.78, 5) is 12.1. The number of nitrogens with two attached hydrogens (primary N) is 1. The maximum absolute atomic E-state index is 12.1. The Morgan fingerprint density at radius 3 is 2.59 bits per heavy atom. The molecule has 2 rings (SSSR count). The molecule has 124 valence electrons. The van der Waals surface area contributed by atoms with Crippen molar-refractivity contribution in [2.45, 2.75) is 57.6 Å². The fourth-order valence-corrected chi connectivity index (χ4v) is 3.05. The van der Waals surface area contributed by atoms with Gasteiger partial charge in [-0.05, 0) is 30.9 Å². The number of amides is 1. The lowest BCUT2D eigenvalue weighted by atomic mass is 9.84. The molecule has 0 saturated heterocycles. The van der Waals surface area contributed by atoms with Gasteiger partial charge in [0.2, 0.25) is 0 Å². The van der Waals surface area contributed by atoms with Gasteiger partial charge in [0.25, 0.3) is 5.91 Å². The van der Waals surface area contributed by atoms with E-state index in [1.165, 1.54) is 32.1 Å². The van der Waals surface area contributed by atoms with Crippen molar-refractivity contribution in [3.63, 3.8) is 0 Å². The van der Waals surface area contributed by atoms with Gasteiger partial charge >= 0.3 is 0 Å². The maximum Gasteiger partial charge on any atom is 0.254 e. The molecule has 4 nitrogen and oxygen atoms in total. The molecule has 1 aromatic carbocycles. The molecule has 1 aromatic rings. The number of carbonyl (C=O) groups excluding carboxylic acids is 1. The van der Waals surface area contributed by atoms with Crippen LogP contribution < -0.4 is 11.1 Å². The third-order valence-electron chi connectivity index (χ3n) is 4.41. The van der Waals surface area contributed by atoms with E-state index in [0.717, 1.165) is 17.7 Å². The summed E-state index contributed by atoms with van der Waals surface area (Å²) in [5.74, 6) is 0.141. The molecule has 0 aliphatic heterocycles. The number of para-hydroxylation sites is 1. The number of nitrogens with one attached hydrogen (secondary N) is 1. The van der Waals surface area contributed by atoms with E-state index in [2.05, 4.69) is 5.32 Å². The second kappa shape index (κ2) is 9.13. The first kappa shape index (κ1) is 18.9. The minimum Gasteiger partial charge on any atom is -0.382 e. The zero-order valence-electron chi connectivity index (χ0n) is 13.1. The van der Waals surface area contributed by atoms with Crippen LogP contribution in [0.5, 0.6) is 0 Å². The average molecular weight is 327 g/mol. The molecule has 1 aliphatic rings. The highest BCUT2D eigenvalue weighted by atomic mass is 35.5. The normalized spacial score (nSPS) is 18.1. The average Bonchev–Trinajstić information content (AvgIpc) is 2.49. The highest BCUT2D eigenvalue weighted by Crippen LogP contribution is 2.27. The van der Waals surface area contributed by atoms with E-state index in [1.807, 2.05) is 31.2 Å². The van der Waals surface area contributed by atoms with Crippen molar-refractivity contribution in [1.82, 2.24) is 0 Å². The Hall–Kier alpha value is -1.10. The molecule has 0 aromatic heterocycles. The molecule has 2 atom stereocenters. The van der Waals surface area contributed by atoms with Crippen LogP contribution in [0.1, 0.15) is 44.1 Å². The summed E-state index contributed by atoms with van der Waals surface area (Å²) in [6.45, 7) is 1.92. The molecule has 4 N–H and O–H groups in total. The van der Waals surface area contributed by atoms with E-state index in [9.17, 15) is 9.90 Å². The quantitative estimate of drug-likeness (QED) is 0.778. The Morgan fingerprint density at radius 1 is 1.32 bits per heavy atom. The molecule has 22 heavy (non-hydrogen) atoms. The molecule has 1 aliphatic carbocycles. The maximum atomic E-state index is 12.1. The van der Waals surface area contributed by atoms with E-state index in [0.29, 0.717) is 5.92 Å². The van der Waals surface area contributed by atoms with Gasteiger partial charge in [0.15, 0.2) is 0 Å². The Kier molecular flexibility index (Phi) is 7.87. The molecule has 5 heteroatoms. The van der Waals surface area contributed by atoms with Crippen molar-refractivity contribution in [1.29, 1.82) is 0 Å². The number of carbonyl (C=O) groups is 1. The second-order valence-electron chi connectivity index (χ2n) is 6.15. The largest absolute Gasteiger partial charge is 0.382 e. The fourth-order valence-electron chi connectivity index (χ4n) is 3.05. The monoisotopic (exact) mass is 326 g/mol. The van der Waals surface area contributed by atoms with E-state index >= 15 is 0 Å². The van der Waals surface area contributed by atoms with Crippen LogP contribution in [0.2, 0.25) is 0 Å². The highest BCUT2D eigenvalue weighted by Gasteiger charge is 2.26.